The van der Waals surface area contributed by atoms with E-state index in [9.17, 15) is 4.79 Å². The molecule has 8 heteroatoms. The Balaban J connectivity index is 1.79. The minimum atomic E-state index is -0.147. The fourth-order valence-electron chi connectivity index (χ4n) is 3.93. The zero-order valence-corrected chi connectivity index (χ0v) is 23.1. The van der Waals surface area contributed by atoms with Crippen LogP contribution >= 0.6 is 61.1 Å². The number of terminal acetylenes is 1. The quantitative estimate of drug-likeness (QED) is 0.177. The number of halogens is 3. The highest BCUT2D eigenvalue weighted by Crippen LogP contribution is 2.32. The molecule has 1 saturated carbocycles. The highest BCUT2D eigenvalue weighted by molar-refractivity contribution is 14.1. The minimum absolute atomic E-state index is 0.147. The summed E-state index contributed by atoms with van der Waals surface area (Å²) < 4.78 is 9.86. The maximum atomic E-state index is 13.4. The van der Waals surface area contributed by atoms with E-state index >= 15 is 0 Å². The van der Waals surface area contributed by atoms with Crippen LogP contribution in [0.4, 0.5) is 0 Å². The first-order valence-electron chi connectivity index (χ1n) is 10.3. The number of nitrogens with zero attached hydrogens (tertiary/aromatic N) is 3. The second kappa shape index (κ2) is 10.7. The Kier molecular flexibility index (Phi) is 7.89. The van der Waals surface area contributed by atoms with Crippen LogP contribution in [0.1, 0.15) is 49.4 Å². The topological polar surface area (TPSA) is 56.5 Å². The molecule has 1 aromatic heterocycles. The van der Waals surface area contributed by atoms with Crippen LogP contribution in [0.2, 0.25) is 0 Å². The Morgan fingerprint density at radius 3 is 2.62 bits per heavy atom. The highest BCUT2D eigenvalue weighted by Gasteiger charge is 2.22. The number of rotatable bonds is 5. The van der Waals surface area contributed by atoms with Crippen LogP contribution in [0.25, 0.3) is 10.9 Å². The van der Waals surface area contributed by atoms with Crippen molar-refractivity contribution in [3.63, 3.8) is 0 Å². The molecule has 0 spiro atoms. The molecule has 0 atom stereocenters. The summed E-state index contributed by atoms with van der Waals surface area (Å²) in [4.78, 5) is 18.3. The van der Waals surface area contributed by atoms with E-state index in [0.717, 1.165) is 54.4 Å². The van der Waals surface area contributed by atoms with Crippen LogP contribution in [0.15, 0.2) is 44.7 Å². The van der Waals surface area contributed by atoms with Crippen molar-refractivity contribution in [1.29, 1.82) is 0 Å². The summed E-state index contributed by atoms with van der Waals surface area (Å²) in [6.45, 7) is 0.220. The Morgan fingerprint density at radius 2 is 1.94 bits per heavy atom. The van der Waals surface area contributed by atoms with Gasteiger partial charge in [0.05, 0.1) is 24.3 Å². The molecule has 5 nitrogen and oxygen atoms in total. The van der Waals surface area contributed by atoms with Crippen LogP contribution < -0.4 is 10.3 Å². The second-order valence-electron chi connectivity index (χ2n) is 7.63. The third-order valence-corrected chi connectivity index (χ3v) is 7.54. The molecule has 1 aliphatic rings. The Morgan fingerprint density at radius 1 is 1.22 bits per heavy atom. The molecule has 0 radical (unpaired) electrons. The molecule has 0 aliphatic heterocycles. The molecule has 0 amide bonds. The van der Waals surface area contributed by atoms with Gasteiger partial charge in [-0.15, -0.1) is 6.42 Å². The summed E-state index contributed by atoms with van der Waals surface area (Å²) in [5.41, 5.74) is 1.44. The monoisotopic (exact) mass is 715 g/mol. The molecular formula is C24H20BrI2N3O2. The third-order valence-electron chi connectivity index (χ3n) is 5.45. The van der Waals surface area contributed by atoms with E-state index in [1.807, 2.05) is 30.3 Å². The fourth-order valence-corrected chi connectivity index (χ4v) is 6.42. The molecule has 0 bridgehead atoms. The van der Waals surface area contributed by atoms with E-state index < -0.39 is 0 Å². The van der Waals surface area contributed by atoms with Gasteiger partial charge in [-0.2, -0.15) is 9.78 Å². The van der Waals surface area contributed by atoms with Crippen LogP contribution in [0, 0.1) is 19.5 Å². The lowest BCUT2D eigenvalue weighted by molar-refractivity contribution is 0.365. The molecule has 32 heavy (non-hydrogen) atoms. The average Bonchev–Trinajstić information content (AvgIpc) is 2.79. The molecule has 3 aromatic rings. The zero-order chi connectivity index (χ0) is 22.7. The lowest BCUT2D eigenvalue weighted by atomic mass is 9.88. The molecule has 0 N–H and O–H groups in total. The Hall–Kier alpha value is -1.45. The van der Waals surface area contributed by atoms with Crippen molar-refractivity contribution in [2.45, 2.75) is 38.0 Å². The smallest absolute Gasteiger partial charge is 0.282 e. The maximum Gasteiger partial charge on any atom is 0.282 e. The van der Waals surface area contributed by atoms with Crippen molar-refractivity contribution in [1.82, 2.24) is 9.66 Å². The van der Waals surface area contributed by atoms with Gasteiger partial charge >= 0.3 is 0 Å². The number of benzene rings is 2. The summed E-state index contributed by atoms with van der Waals surface area (Å²) in [7, 11) is 0. The minimum Gasteiger partial charge on any atom is -0.479 e. The number of hydrogen-bond acceptors (Lipinski definition) is 4. The first-order chi connectivity index (χ1) is 15.5. The molecule has 1 aliphatic carbocycles. The van der Waals surface area contributed by atoms with Gasteiger partial charge in [-0.25, -0.2) is 4.98 Å². The highest BCUT2D eigenvalue weighted by atomic mass is 127. The summed E-state index contributed by atoms with van der Waals surface area (Å²) in [6, 6.07) is 9.55. The number of aromatic nitrogens is 2. The van der Waals surface area contributed by atoms with Gasteiger partial charge in [-0.05, 0) is 93.9 Å². The van der Waals surface area contributed by atoms with Crippen molar-refractivity contribution in [2.24, 2.45) is 5.10 Å². The normalized spacial score (nSPS) is 14.7. The van der Waals surface area contributed by atoms with E-state index in [2.05, 4.69) is 72.1 Å². The largest absolute Gasteiger partial charge is 0.479 e. The third kappa shape index (κ3) is 5.20. The van der Waals surface area contributed by atoms with Crippen molar-refractivity contribution >= 4 is 78.2 Å². The molecule has 1 fully saturated rings. The predicted molar refractivity (Wildman–Crippen MR) is 149 cm³/mol. The van der Waals surface area contributed by atoms with E-state index in [0.29, 0.717) is 10.9 Å². The summed E-state index contributed by atoms with van der Waals surface area (Å²) in [5, 5.41) is 5.18. The van der Waals surface area contributed by atoms with Crippen LogP contribution in [-0.4, -0.2) is 22.5 Å². The molecule has 164 valence electrons. The van der Waals surface area contributed by atoms with Crippen molar-refractivity contribution in [3.05, 3.63) is 63.7 Å². The predicted octanol–water partition coefficient (Wildman–Crippen LogP) is 6.31. The van der Waals surface area contributed by atoms with Gasteiger partial charge in [0.1, 0.15) is 18.2 Å². The van der Waals surface area contributed by atoms with Crippen LogP contribution in [-0.2, 0) is 0 Å². The lowest BCUT2D eigenvalue weighted by Gasteiger charge is -2.22. The Bertz CT molecular complexity index is 1270. The fraction of sp³-hybridized carbons (Fsp3) is 0.292. The standard InChI is InChI=1S/C24H20BrI2N3O2/c1-2-10-32-22-19(26)11-15(12-20(22)27)14-28-30-23(16-6-4-3-5-7-16)29-21-9-8-17(25)13-18(21)24(30)31/h1,8-9,11-14,16H,3-7,10H2. The van der Waals surface area contributed by atoms with E-state index in [4.69, 9.17) is 16.1 Å². The van der Waals surface area contributed by atoms with E-state index in [1.54, 1.807) is 6.21 Å². The number of hydrogen-bond donors (Lipinski definition) is 0. The molecule has 4 rings (SSSR count). The molecule has 0 unspecified atom stereocenters. The van der Waals surface area contributed by atoms with Gasteiger partial charge in [-0.1, -0.05) is 41.1 Å². The van der Waals surface area contributed by atoms with E-state index in [1.165, 1.54) is 11.1 Å². The molecule has 1 heterocycles. The first-order valence-corrected chi connectivity index (χ1v) is 13.2. The number of fused-ring (bicyclic) bond motifs is 1. The summed E-state index contributed by atoms with van der Waals surface area (Å²) in [6.07, 6.45) is 12.6. The van der Waals surface area contributed by atoms with Gasteiger partial charge in [0.2, 0.25) is 0 Å². The van der Waals surface area contributed by atoms with Crippen molar-refractivity contribution < 1.29 is 4.74 Å². The molecule has 0 saturated heterocycles. The summed E-state index contributed by atoms with van der Waals surface area (Å²) in [5.74, 6) is 4.24. The van der Waals surface area contributed by atoms with Crippen molar-refractivity contribution in [3.8, 4) is 18.1 Å². The maximum absolute atomic E-state index is 13.4. The molecule has 2 aromatic carbocycles. The second-order valence-corrected chi connectivity index (χ2v) is 10.9. The van der Waals surface area contributed by atoms with Gasteiger partial charge < -0.3 is 4.74 Å². The van der Waals surface area contributed by atoms with Crippen molar-refractivity contribution in [2.75, 3.05) is 6.61 Å². The summed E-state index contributed by atoms with van der Waals surface area (Å²) >= 11 is 7.91. The zero-order valence-electron chi connectivity index (χ0n) is 17.2. The van der Waals surface area contributed by atoms with Gasteiger partial charge in [0, 0.05) is 10.4 Å². The van der Waals surface area contributed by atoms with E-state index in [-0.39, 0.29) is 18.1 Å². The average molecular weight is 716 g/mol. The van der Waals surface area contributed by atoms with Gasteiger partial charge in [0.25, 0.3) is 5.56 Å². The number of ether oxygens (including phenoxy) is 1. The first kappa shape index (κ1) is 23.7. The Labute approximate surface area is 222 Å². The van der Waals surface area contributed by atoms with Crippen LogP contribution in [0.3, 0.4) is 0 Å². The lowest BCUT2D eigenvalue weighted by Crippen LogP contribution is -2.25. The SMILES string of the molecule is C#CCOc1c(I)cc(C=Nn2c(C3CCCCC3)nc3ccc(Br)cc3c2=O)cc1I. The molecular weight excluding hydrogens is 696 g/mol. The van der Waals surface area contributed by atoms with Gasteiger partial charge in [0.15, 0.2) is 0 Å². The van der Waals surface area contributed by atoms with Gasteiger partial charge in [-0.3, -0.25) is 4.79 Å². The van der Waals surface area contributed by atoms with Crippen LogP contribution in [0.5, 0.6) is 5.75 Å².